The molecule has 1 aliphatic heterocycles. The second-order valence-electron chi connectivity index (χ2n) is 8.04. The van der Waals surface area contributed by atoms with Gasteiger partial charge in [-0.1, -0.05) is 32.0 Å². The highest BCUT2D eigenvalue weighted by atomic mass is 16.3. The Morgan fingerprint density at radius 2 is 2.04 bits per heavy atom. The summed E-state index contributed by atoms with van der Waals surface area (Å²) in [7, 11) is 0. The SMILES string of the molecule is CCNC(=NCC(CCO)CC(C)C)NCC1CCN(c2ccccc2)C1. The van der Waals surface area contributed by atoms with Crippen LogP contribution in [0.4, 0.5) is 5.69 Å². The molecule has 1 aromatic rings. The molecular formula is C22H38N4O. The number of aliphatic imine (C=N–C) groups is 1. The molecule has 2 rings (SSSR count). The van der Waals surface area contributed by atoms with Gasteiger partial charge in [-0.25, -0.2) is 0 Å². The van der Waals surface area contributed by atoms with Crippen LogP contribution in [-0.2, 0) is 0 Å². The third-order valence-electron chi connectivity index (χ3n) is 5.16. The van der Waals surface area contributed by atoms with Crippen molar-refractivity contribution in [1.29, 1.82) is 0 Å². The largest absolute Gasteiger partial charge is 0.396 e. The van der Waals surface area contributed by atoms with Gasteiger partial charge in [0.2, 0.25) is 0 Å². The van der Waals surface area contributed by atoms with E-state index in [-0.39, 0.29) is 6.61 Å². The normalized spacial score (nSPS) is 18.8. The van der Waals surface area contributed by atoms with E-state index >= 15 is 0 Å². The molecule has 0 bridgehead atoms. The molecule has 1 fully saturated rings. The number of para-hydroxylation sites is 1. The van der Waals surface area contributed by atoms with Gasteiger partial charge in [0.25, 0.3) is 0 Å². The average Bonchev–Trinajstić information content (AvgIpc) is 3.13. The van der Waals surface area contributed by atoms with Crippen molar-refractivity contribution in [2.24, 2.45) is 22.7 Å². The number of hydrogen-bond donors (Lipinski definition) is 3. The summed E-state index contributed by atoms with van der Waals surface area (Å²) in [5, 5.41) is 16.2. The van der Waals surface area contributed by atoms with Crippen LogP contribution in [0.15, 0.2) is 35.3 Å². The molecule has 1 saturated heterocycles. The van der Waals surface area contributed by atoms with Gasteiger partial charge in [-0.15, -0.1) is 0 Å². The van der Waals surface area contributed by atoms with Crippen molar-refractivity contribution in [1.82, 2.24) is 10.6 Å². The highest BCUT2D eigenvalue weighted by Crippen LogP contribution is 2.23. The molecule has 1 aromatic carbocycles. The number of aliphatic hydroxyl groups excluding tert-OH is 1. The van der Waals surface area contributed by atoms with Gasteiger partial charge in [0.15, 0.2) is 5.96 Å². The van der Waals surface area contributed by atoms with Crippen LogP contribution in [0, 0.1) is 17.8 Å². The Bertz CT molecular complexity index is 547. The molecule has 3 N–H and O–H groups in total. The van der Waals surface area contributed by atoms with Crippen LogP contribution in [-0.4, -0.2) is 50.4 Å². The van der Waals surface area contributed by atoms with E-state index in [1.54, 1.807) is 0 Å². The van der Waals surface area contributed by atoms with Gasteiger partial charge in [-0.05, 0) is 56.1 Å². The van der Waals surface area contributed by atoms with Gasteiger partial charge >= 0.3 is 0 Å². The molecule has 0 aliphatic carbocycles. The minimum atomic E-state index is 0.244. The second-order valence-corrected chi connectivity index (χ2v) is 8.04. The fourth-order valence-electron chi connectivity index (χ4n) is 3.81. The Kier molecular flexibility index (Phi) is 9.46. The molecule has 0 amide bonds. The van der Waals surface area contributed by atoms with Crippen LogP contribution in [0.3, 0.4) is 0 Å². The van der Waals surface area contributed by atoms with Gasteiger partial charge in [0.1, 0.15) is 0 Å². The first kappa shape index (κ1) is 21.5. The predicted molar refractivity (Wildman–Crippen MR) is 115 cm³/mol. The Morgan fingerprint density at radius 1 is 1.26 bits per heavy atom. The molecule has 0 aromatic heterocycles. The summed E-state index contributed by atoms with van der Waals surface area (Å²) in [5.74, 6) is 2.63. The molecule has 2 unspecified atom stereocenters. The zero-order valence-corrected chi connectivity index (χ0v) is 17.3. The standard InChI is InChI=1S/C22H38N4O/c1-4-23-22(24-15-19(11-13-27)14-18(2)3)25-16-20-10-12-26(17-20)21-8-6-5-7-9-21/h5-9,18-20,27H,4,10-17H2,1-3H3,(H2,23,24,25). The first-order valence-electron chi connectivity index (χ1n) is 10.5. The van der Waals surface area contributed by atoms with E-state index in [1.165, 1.54) is 12.1 Å². The Hall–Kier alpha value is -1.75. The first-order chi connectivity index (χ1) is 13.1. The Morgan fingerprint density at radius 3 is 2.70 bits per heavy atom. The molecule has 5 heteroatoms. The van der Waals surface area contributed by atoms with E-state index in [0.717, 1.165) is 51.5 Å². The Labute approximate surface area is 165 Å². The molecule has 1 aliphatic rings. The number of benzene rings is 1. The van der Waals surface area contributed by atoms with Crippen molar-refractivity contribution in [2.45, 2.75) is 40.0 Å². The average molecular weight is 375 g/mol. The minimum absolute atomic E-state index is 0.244. The van der Waals surface area contributed by atoms with Crippen molar-refractivity contribution in [2.75, 3.05) is 44.2 Å². The van der Waals surface area contributed by atoms with Gasteiger partial charge in [-0.2, -0.15) is 0 Å². The monoisotopic (exact) mass is 374 g/mol. The maximum atomic E-state index is 9.30. The predicted octanol–water partition coefficient (Wildman–Crippen LogP) is 3.11. The molecule has 0 saturated carbocycles. The molecule has 27 heavy (non-hydrogen) atoms. The number of nitrogens with zero attached hydrogens (tertiary/aromatic N) is 2. The third-order valence-corrected chi connectivity index (χ3v) is 5.16. The van der Waals surface area contributed by atoms with Crippen LogP contribution in [0.5, 0.6) is 0 Å². The summed E-state index contributed by atoms with van der Waals surface area (Å²) < 4.78 is 0. The van der Waals surface area contributed by atoms with Crippen molar-refractivity contribution in [3.05, 3.63) is 30.3 Å². The number of anilines is 1. The maximum Gasteiger partial charge on any atom is 0.191 e. The number of aliphatic hydroxyl groups is 1. The summed E-state index contributed by atoms with van der Waals surface area (Å²) in [6.07, 6.45) is 3.15. The van der Waals surface area contributed by atoms with Gasteiger partial charge in [0.05, 0.1) is 0 Å². The lowest BCUT2D eigenvalue weighted by molar-refractivity contribution is 0.245. The van der Waals surface area contributed by atoms with E-state index in [2.05, 4.69) is 66.6 Å². The molecule has 152 valence electrons. The van der Waals surface area contributed by atoms with Crippen LogP contribution in [0.2, 0.25) is 0 Å². The van der Waals surface area contributed by atoms with Crippen LogP contribution in [0.1, 0.15) is 40.0 Å². The summed E-state index contributed by atoms with van der Waals surface area (Å²) in [5.41, 5.74) is 1.32. The smallest absolute Gasteiger partial charge is 0.191 e. The lowest BCUT2D eigenvalue weighted by Gasteiger charge is -2.20. The van der Waals surface area contributed by atoms with Crippen molar-refractivity contribution >= 4 is 11.6 Å². The fraction of sp³-hybridized carbons (Fsp3) is 0.682. The van der Waals surface area contributed by atoms with E-state index in [4.69, 9.17) is 4.99 Å². The maximum absolute atomic E-state index is 9.30. The van der Waals surface area contributed by atoms with Gasteiger partial charge in [-0.3, -0.25) is 4.99 Å². The molecule has 0 radical (unpaired) electrons. The van der Waals surface area contributed by atoms with Gasteiger partial charge in [0, 0.05) is 45.0 Å². The van der Waals surface area contributed by atoms with Crippen molar-refractivity contribution < 1.29 is 5.11 Å². The van der Waals surface area contributed by atoms with E-state index in [0.29, 0.717) is 17.8 Å². The van der Waals surface area contributed by atoms with E-state index in [9.17, 15) is 5.11 Å². The summed E-state index contributed by atoms with van der Waals surface area (Å²) in [6, 6.07) is 10.7. The van der Waals surface area contributed by atoms with E-state index < -0.39 is 0 Å². The second kappa shape index (κ2) is 11.9. The first-order valence-corrected chi connectivity index (χ1v) is 10.5. The number of hydrogen-bond acceptors (Lipinski definition) is 3. The molecule has 5 nitrogen and oxygen atoms in total. The highest BCUT2D eigenvalue weighted by molar-refractivity contribution is 5.79. The molecule has 2 atom stereocenters. The van der Waals surface area contributed by atoms with E-state index in [1.807, 2.05) is 0 Å². The zero-order valence-electron chi connectivity index (χ0n) is 17.3. The zero-order chi connectivity index (χ0) is 19.5. The molecule has 1 heterocycles. The quantitative estimate of drug-likeness (QED) is 0.435. The topological polar surface area (TPSA) is 59.9 Å². The Balaban J connectivity index is 1.83. The summed E-state index contributed by atoms with van der Waals surface area (Å²) in [6.45, 7) is 11.6. The fourth-order valence-corrected chi connectivity index (χ4v) is 3.81. The van der Waals surface area contributed by atoms with Crippen LogP contribution < -0.4 is 15.5 Å². The van der Waals surface area contributed by atoms with Gasteiger partial charge < -0.3 is 20.6 Å². The number of guanidine groups is 1. The summed E-state index contributed by atoms with van der Waals surface area (Å²) in [4.78, 5) is 7.26. The lowest BCUT2D eigenvalue weighted by atomic mass is 9.94. The number of nitrogens with one attached hydrogen (secondary N) is 2. The third kappa shape index (κ3) is 7.79. The number of rotatable bonds is 10. The molecular weight excluding hydrogens is 336 g/mol. The minimum Gasteiger partial charge on any atom is -0.396 e. The highest BCUT2D eigenvalue weighted by Gasteiger charge is 2.22. The molecule has 0 spiro atoms. The van der Waals surface area contributed by atoms with Crippen molar-refractivity contribution in [3.63, 3.8) is 0 Å². The van der Waals surface area contributed by atoms with Crippen molar-refractivity contribution in [3.8, 4) is 0 Å². The van der Waals surface area contributed by atoms with Crippen LogP contribution >= 0.6 is 0 Å². The summed E-state index contributed by atoms with van der Waals surface area (Å²) >= 11 is 0. The lowest BCUT2D eigenvalue weighted by Crippen LogP contribution is -2.40. The van der Waals surface area contributed by atoms with Crippen LogP contribution in [0.25, 0.3) is 0 Å².